The summed E-state index contributed by atoms with van der Waals surface area (Å²) in [6, 6.07) is 22.4. The molecule has 0 aliphatic carbocycles. The first-order valence-electron chi connectivity index (χ1n) is 10.6. The molecule has 0 bridgehead atoms. The molecule has 0 saturated carbocycles. The molecule has 1 aliphatic heterocycles. The Labute approximate surface area is 188 Å². The average molecular weight is 427 g/mol. The molecule has 0 spiro atoms. The number of carbonyl (C=O) groups is 2. The predicted molar refractivity (Wildman–Crippen MR) is 128 cm³/mol. The molecule has 162 valence electrons. The van der Waals surface area contributed by atoms with E-state index in [4.69, 9.17) is 4.74 Å². The zero-order chi connectivity index (χ0) is 22.8. The topological polar surface area (TPSA) is 58.6 Å². The molecule has 0 fully saturated rings. The molecule has 2 amide bonds. The van der Waals surface area contributed by atoms with Gasteiger partial charge in [-0.15, -0.1) is 0 Å². The molecule has 3 aromatic rings. The summed E-state index contributed by atoms with van der Waals surface area (Å²) in [5.41, 5.74) is 4.81. The van der Waals surface area contributed by atoms with Gasteiger partial charge in [0.05, 0.1) is 18.4 Å². The molecular formula is C27H26N2O3. The van der Waals surface area contributed by atoms with Gasteiger partial charge in [-0.25, -0.2) is 4.90 Å². The van der Waals surface area contributed by atoms with Crippen molar-refractivity contribution in [1.29, 1.82) is 0 Å². The van der Waals surface area contributed by atoms with Crippen LogP contribution in [0, 0.1) is 6.92 Å². The van der Waals surface area contributed by atoms with Crippen molar-refractivity contribution in [1.82, 2.24) is 0 Å². The summed E-state index contributed by atoms with van der Waals surface area (Å²) < 4.78 is 5.24. The van der Waals surface area contributed by atoms with Gasteiger partial charge in [-0.05, 0) is 60.4 Å². The zero-order valence-corrected chi connectivity index (χ0v) is 18.7. The number of nitrogens with one attached hydrogen (secondary N) is 1. The third kappa shape index (κ3) is 4.02. The van der Waals surface area contributed by atoms with Gasteiger partial charge >= 0.3 is 0 Å². The normalized spacial score (nSPS) is 13.8. The Hall–Kier alpha value is -3.86. The second-order valence-corrected chi connectivity index (χ2v) is 8.16. The second-order valence-electron chi connectivity index (χ2n) is 8.16. The lowest BCUT2D eigenvalue weighted by molar-refractivity contribution is -0.120. The van der Waals surface area contributed by atoms with Gasteiger partial charge in [0.15, 0.2) is 0 Å². The Morgan fingerprint density at radius 3 is 2.00 bits per heavy atom. The van der Waals surface area contributed by atoms with Crippen molar-refractivity contribution < 1.29 is 14.3 Å². The minimum atomic E-state index is -0.376. The first kappa shape index (κ1) is 21.4. The van der Waals surface area contributed by atoms with Crippen molar-refractivity contribution in [3.63, 3.8) is 0 Å². The van der Waals surface area contributed by atoms with Crippen molar-refractivity contribution >= 4 is 28.8 Å². The summed E-state index contributed by atoms with van der Waals surface area (Å²) in [5.74, 6) is 0.312. The van der Waals surface area contributed by atoms with Gasteiger partial charge in [0, 0.05) is 5.69 Å². The Morgan fingerprint density at radius 2 is 1.44 bits per heavy atom. The van der Waals surface area contributed by atoms with Gasteiger partial charge in [0.2, 0.25) is 0 Å². The molecule has 1 heterocycles. The monoisotopic (exact) mass is 426 g/mol. The van der Waals surface area contributed by atoms with E-state index < -0.39 is 0 Å². The maximum atomic E-state index is 13.5. The third-order valence-electron chi connectivity index (χ3n) is 5.60. The van der Waals surface area contributed by atoms with Crippen LogP contribution in [0.3, 0.4) is 0 Å². The second kappa shape index (κ2) is 8.71. The number of rotatable bonds is 6. The number of hydrogen-bond donors (Lipinski definition) is 1. The Morgan fingerprint density at radius 1 is 0.812 bits per heavy atom. The quantitative estimate of drug-likeness (QED) is 0.527. The smallest absolute Gasteiger partial charge is 0.282 e. The number of anilines is 2. The SMILES string of the molecule is COc1ccc(C2=C(Nc3ccc(C)cc3)C(=O)N(c3ccc(C(C)C)cc3)C2=O)cc1. The predicted octanol–water partition coefficient (Wildman–Crippen LogP) is 5.52. The average Bonchev–Trinajstić information content (AvgIpc) is 3.04. The van der Waals surface area contributed by atoms with Crippen molar-refractivity contribution in [2.45, 2.75) is 26.7 Å². The summed E-state index contributed by atoms with van der Waals surface area (Å²) in [6.45, 7) is 6.21. The van der Waals surface area contributed by atoms with E-state index in [-0.39, 0.29) is 17.5 Å². The van der Waals surface area contributed by atoms with Crippen molar-refractivity contribution in [2.24, 2.45) is 0 Å². The van der Waals surface area contributed by atoms with Gasteiger partial charge in [0.1, 0.15) is 11.4 Å². The van der Waals surface area contributed by atoms with Crippen LogP contribution in [0.2, 0.25) is 0 Å². The fraction of sp³-hybridized carbons (Fsp3) is 0.185. The Bertz CT molecular complexity index is 1180. The largest absolute Gasteiger partial charge is 0.497 e. The van der Waals surface area contributed by atoms with Crippen LogP contribution >= 0.6 is 0 Å². The van der Waals surface area contributed by atoms with Crippen LogP contribution in [0.4, 0.5) is 11.4 Å². The van der Waals surface area contributed by atoms with Crippen LogP contribution in [0.5, 0.6) is 5.75 Å². The molecule has 32 heavy (non-hydrogen) atoms. The molecule has 0 atom stereocenters. The van der Waals surface area contributed by atoms with E-state index in [0.717, 1.165) is 16.8 Å². The molecule has 1 N–H and O–H groups in total. The molecule has 0 unspecified atom stereocenters. The standard InChI is InChI=1S/C27H26N2O3/c1-17(2)19-7-13-22(14-8-19)29-26(30)24(20-9-15-23(32-4)16-10-20)25(27(29)31)28-21-11-5-18(3)6-12-21/h5-17,28H,1-4H3. The number of hydrogen-bond acceptors (Lipinski definition) is 4. The maximum Gasteiger partial charge on any atom is 0.282 e. The van der Waals surface area contributed by atoms with E-state index in [1.54, 1.807) is 31.4 Å². The first-order valence-corrected chi connectivity index (χ1v) is 10.6. The van der Waals surface area contributed by atoms with Crippen molar-refractivity contribution in [2.75, 3.05) is 17.3 Å². The van der Waals surface area contributed by atoms with E-state index in [1.807, 2.05) is 55.5 Å². The number of methoxy groups -OCH3 is 1. The van der Waals surface area contributed by atoms with Gasteiger partial charge < -0.3 is 10.1 Å². The van der Waals surface area contributed by atoms with Crippen molar-refractivity contribution in [3.05, 3.63) is 95.2 Å². The lowest BCUT2D eigenvalue weighted by atomic mass is 10.0. The number of nitrogens with zero attached hydrogens (tertiary/aromatic N) is 1. The summed E-state index contributed by atoms with van der Waals surface area (Å²) in [6.07, 6.45) is 0. The van der Waals surface area contributed by atoms with Gasteiger partial charge in [-0.2, -0.15) is 0 Å². The lowest BCUT2D eigenvalue weighted by Crippen LogP contribution is -2.32. The number of imide groups is 1. The van der Waals surface area contributed by atoms with Crippen LogP contribution in [-0.4, -0.2) is 18.9 Å². The fourth-order valence-electron chi connectivity index (χ4n) is 3.70. The molecule has 0 aromatic heterocycles. The molecule has 4 rings (SSSR count). The lowest BCUT2D eigenvalue weighted by Gasteiger charge is -2.16. The number of aryl methyl sites for hydroxylation is 1. The summed E-state index contributed by atoms with van der Waals surface area (Å²) in [7, 11) is 1.59. The fourth-order valence-corrected chi connectivity index (χ4v) is 3.70. The van der Waals surface area contributed by atoms with Crippen LogP contribution in [-0.2, 0) is 9.59 Å². The molecule has 5 nitrogen and oxygen atoms in total. The minimum Gasteiger partial charge on any atom is -0.497 e. The molecule has 5 heteroatoms. The van der Waals surface area contributed by atoms with Crippen LogP contribution in [0.1, 0.15) is 36.5 Å². The Kier molecular flexibility index (Phi) is 5.82. The molecule has 1 aliphatic rings. The van der Waals surface area contributed by atoms with Gasteiger partial charge in [0.25, 0.3) is 11.8 Å². The number of ether oxygens (including phenoxy) is 1. The molecular weight excluding hydrogens is 400 g/mol. The van der Waals surface area contributed by atoms with Crippen LogP contribution in [0.25, 0.3) is 5.57 Å². The highest BCUT2D eigenvalue weighted by atomic mass is 16.5. The van der Waals surface area contributed by atoms with Crippen LogP contribution < -0.4 is 15.0 Å². The zero-order valence-electron chi connectivity index (χ0n) is 18.7. The minimum absolute atomic E-state index is 0.261. The highest BCUT2D eigenvalue weighted by Crippen LogP contribution is 2.34. The van der Waals surface area contributed by atoms with Gasteiger partial charge in [-0.3, -0.25) is 9.59 Å². The van der Waals surface area contributed by atoms with Crippen molar-refractivity contribution in [3.8, 4) is 5.75 Å². The van der Waals surface area contributed by atoms with E-state index in [1.165, 1.54) is 4.90 Å². The molecule has 3 aromatic carbocycles. The Balaban J connectivity index is 1.77. The summed E-state index contributed by atoms with van der Waals surface area (Å²) in [4.78, 5) is 28.2. The van der Waals surface area contributed by atoms with E-state index in [2.05, 4.69) is 19.2 Å². The first-order chi connectivity index (χ1) is 15.4. The number of benzene rings is 3. The maximum absolute atomic E-state index is 13.5. The highest BCUT2D eigenvalue weighted by Gasteiger charge is 2.40. The number of amides is 2. The van der Waals surface area contributed by atoms with E-state index in [9.17, 15) is 9.59 Å². The number of carbonyl (C=O) groups excluding carboxylic acids is 2. The van der Waals surface area contributed by atoms with Crippen LogP contribution in [0.15, 0.2) is 78.5 Å². The summed E-state index contributed by atoms with van der Waals surface area (Å²) >= 11 is 0. The van der Waals surface area contributed by atoms with E-state index in [0.29, 0.717) is 28.5 Å². The highest BCUT2D eigenvalue weighted by molar-refractivity contribution is 6.46. The van der Waals surface area contributed by atoms with Gasteiger partial charge in [-0.1, -0.05) is 55.8 Å². The third-order valence-corrected chi connectivity index (χ3v) is 5.60. The molecule has 0 saturated heterocycles. The molecule has 0 radical (unpaired) electrons. The summed E-state index contributed by atoms with van der Waals surface area (Å²) in [5, 5.41) is 3.19. The van der Waals surface area contributed by atoms with E-state index >= 15 is 0 Å².